The van der Waals surface area contributed by atoms with Crippen molar-refractivity contribution in [2.45, 2.75) is 0 Å². The number of nitriles is 1. The fraction of sp³-hybridized carbons (Fsp3) is 0.133. The largest absolute Gasteiger partial charge is 0.493 e. The molecule has 0 saturated carbocycles. The lowest BCUT2D eigenvalue weighted by Gasteiger charge is -2.10. The van der Waals surface area contributed by atoms with Gasteiger partial charge < -0.3 is 15.2 Å². The number of nitro benzene ring substituents is 1. The number of rotatable bonds is 5. The van der Waals surface area contributed by atoms with Crippen LogP contribution in [0.5, 0.6) is 11.5 Å². The van der Waals surface area contributed by atoms with Crippen molar-refractivity contribution >= 4 is 28.6 Å². The van der Waals surface area contributed by atoms with Gasteiger partial charge in [-0.2, -0.15) is 5.26 Å². The maximum atomic E-state index is 12.4. The zero-order valence-electron chi connectivity index (χ0n) is 13.3. The number of benzene rings is 1. The third kappa shape index (κ3) is 3.41. The molecule has 1 aromatic carbocycles. The van der Waals surface area contributed by atoms with Crippen molar-refractivity contribution < 1.29 is 23.8 Å². The van der Waals surface area contributed by atoms with E-state index in [1.54, 1.807) is 11.4 Å². The van der Waals surface area contributed by atoms with Crippen molar-refractivity contribution in [3.63, 3.8) is 0 Å². The molecule has 128 valence electrons. The minimum Gasteiger partial charge on any atom is -0.493 e. The first kappa shape index (κ1) is 17.9. The summed E-state index contributed by atoms with van der Waals surface area (Å²) in [5.74, 6) is -0.664. The molecule has 9 nitrogen and oxygen atoms in total. The third-order valence-corrected chi connectivity index (χ3v) is 3.90. The van der Waals surface area contributed by atoms with Gasteiger partial charge in [-0.3, -0.25) is 10.1 Å². The summed E-state index contributed by atoms with van der Waals surface area (Å²) in [7, 11) is 2.57. The Morgan fingerprint density at radius 1 is 1.40 bits per heavy atom. The third-order valence-electron chi connectivity index (χ3n) is 3.27. The summed E-state index contributed by atoms with van der Waals surface area (Å²) in [6.07, 6.45) is 1.48. The van der Waals surface area contributed by atoms with Gasteiger partial charge in [0.05, 0.1) is 30.2 Å². The number of carbonyl (C=O) groups excluding carboxylic acids is 1. The van der Waals surface area contributed by atoms with Crippen molar-refractivity contribution in [2.24, 2.45) is 5.73 Å². The van der Waals surface area contributed by atoms with E-state index >= 15 is 0 Å². The standard InChI is InChI=1S/C15H12N4O5S/c1-23-12-6-9(5-11(19(21)22)14(12)24-2)13(17)10(7-16)15(20)18-3-4-25-8-18/h3-6,8H,1-2H3,(H-,17,20)/p+1. The molecule has 0 fully saturated rings. The summed E-state index contributed by atoms with van der Waals surface area (Å²) in [5, 5.41) is 22.2. The lowest BCUT2D eigenvalue weighted by Crippen LogP contribution is -2.41. The zero-order valence-corrected chi connectivity index (χ0v) is 14.1. The van der Waals surface area contributed by atoms with Crippen molar-refractivity contribution in [1.82, 2.24) is 0 Å². The molecule has 1 aromatic heterocycles. The lowest BCUT2D eigenvalue weighted by molar-refractivity contribution is -0.565. The Morgan fingerprint density at radius 3 is 2.60 bits per heavy atom. The number of nitrogens with two attached hydrogens (primary N) is 1. The monoisotopic (exact) mass is 361 g/mol. The molecule has 2 rings (SSSR count). The van der Waals surface area contributed by atoms with Crippen LogP contribution in [0.15, 0.2) is 34.8 Å². The van der Waals surface area contributed by atoms with Gasteiger partial charge in [0.15, 0.2) is 17.5 Å². The van der Waals surface area contributed by atoms with Crippen LogP contribution in [0.25, 0.3) is 5.70 Å². The van der Waals surface area contributed by atoms with Crippen LogP contribution >= 0.6 is 11.3 Å². The number of allylic oxidation sites excluding steroid dienone is 1. The number of hydrogen-bond donors (Lipinski definition) is 1. The molecular weight excluding hydrogens is 348 g/mol. The molecule has 0 amide bonds. The number of nitro groups is 1. The SMILES string of the molecule is COc1cc(/C(N)=C(\C#N)C(=O)[n+]2ccsc2)cc([N+](=O)[O-])c1OC. The highest BCUT2D eigenvalue weighted by atomic mass is 32.1. The summed E-state index contributed by atoms with van der Waals surface area (Å²) in [5.41, 5.74) is 6.62. The van der Waals surface area contributed by atoms with Gasteiger partial charge in [-0.05, 0) is 6.07 Å². The summed E-state index contributed by atoms with van der Waals surface area (Å²) in [4.78, 5) is 23.0. The minimum atomic E-state index is -0.667. The van der Waals surface area contributed by atoms with Gasteiger partial charge in [0, 0.05) is 11.6 Å². The summed E-state index contributed by atoms with van der Waals surface area (Å²) >= 11 is 1.26. The summed E-state index contributed by atoms with van der Waals surface area (Å²) in [6, 6.07) is 4.24. The Hall–Kier alpha value is -3.45. The average molecular weight is 361 g/mol. The molecule has 10 heteroatoms. The predicted molar refractivity (Wildman–Crippen MR) is 88.1 cm³/mol. The first-order chi connectivity index (χ1) is 11.9. The van der Waals surface area contributed by atoms with E-state index in [4.69, 9.17) is 15.2 Å². The molecule has 0 radical (unpaired) electrons. The number of ether oxygens (including phenoxy) is 2. The molecule has 2 aromatic rings. The molecule has 1 heterocycles. The van der Waals surface area contributed by atoms with Crippen LogP contribution < -0.4 is 19.8 Å². The van der Waals surface area contributed by atoms with Crippen LogP contribution in [0.3, 0.4) is 0 Å². The van der Waals surface area contributed by atoms with E-state index < -0.39 is 16.5 Å². The van der Waals surface area contributed by atoms with Gasteiger partial charge >= 0.3 is 11.6 Å². The number of hydrogen-bond acceptors (Lipinski definition) is 8. The molecule has 0 aliphatic carbocycles. The first-order valence-electron chi connectivity index (χ1n) is 6.73. The van der Waals surface area contributed by atoms with Gasteiger partial charge in [-0.15, -0.1) is 4.57 Å². The Balaban J connectivity index is 2.66. The zero-order chi connectivity index (χ0) is 18.6. The van der Waals surface area contributed by atoms with Crippen molar-refractivity contribution in [3.05, 3.63) is 50.5 Å². The number of methoxy groups -OCH3 is 2. The maximum Gasteiger partial charge on any atom is 0.438 e. The molecule has 0 saturated heterocycles. The molecule has 0 bridgehead atoms. The van der Waals surface area contributed by atoms with E-state index in [1.807, 2.05) is 0 Å². The van der Waals surface area contributed by atoms with Crippen LogP contribution in [-0.4, -0.2) is 25.1 Å². The van der Waals surface area contributed by atoms with E-state index in [2.05, 4.69) is 0 Å². The van der Waals surface area contributed by atoms with E-state index in [0.29, 0.717) is 0 Å². The normalized spacial score (nSPS) is 11.2. The number of carbonyl (C=O) groups is 1. The van der Waals surface area contributed by atoms with Crippen molar-refractivity contribution in [2.75, 3.05) is 14.2 Å². The molecule has 0 spiro atoms. The van der Waals surface area contributed by atoms with E-state index in [-0.39, 0.29) is 28.3 Å². The highest BCUT2D eigenvalue weighted by molar-refractivity contribution is 7.07. The molecule has 0 unspecified atom stereocenters. The number of aromatic nitrogens is 1. The Morgan fingerprint density at radius 2 is 2.12 bits per heavy atom. The molecule has 0 aliphatic heterocycles. The van der Waals surface area contributed by atoms with E-state index in [1.165, 1.54) is 47.9 Å². The van der Waals surface area contributed by atoms with Crippen LogP contribution in [0.2, 0.25) is 0 Å². The van der Waals surface area contributed by atoms with E-state index in [9.17, 15) is 20.2 Å². The van der Waals surface area contributed by atoms with Crippen LogP contribution in [0.1, 0.15) is 10.4 Å². The fourth-order valence-electron chi connectivity index (χ4n) is 2.08. The second kappa shape index (κ2) is 7.41. The fourth-order valence-corrected chi connectivity index (χ4v) is 2.65. The number of thiazole rings is 1. The summed E-state index contributed by atoms with van der Waals surface area (Å²) < 4.78 is 11.3. The van der Waals surface area contributed by atoms with Gasteiger partial charge in [0.25, 0.3) is 0 Å². The van der Waals surface area contributed by atoms with Gasteiger partial charge in [0.1, 0.15) is 6.07 Å². The quantitative estimate of drug-likeness (QED) is 0.280. The smallest absolute Gasteiger partial charge is 0.438 e. The highest BCUT2D eigenvalue weighted by Gasteiger charge is 2.28. The molecule has 0 aliphatic rings. The van der Waals surface area contributed by atoms with Gasteiger partial charge in [0.2, 0.25) is 11.3 Å². The Labute approximate surface area is 146 Å². The van der Waals surface area contributed by atoms with Crippen LogP contribution in [0, 0.1) is 21.4 Å². The summed E-state index contributed by atoms with van der Waals surface area (Å²) in [6.45, 7) is 0. The average Bonchev–Trinajstić information content (AvgIpc) is 3.15. The van der Waals surface area contributed by atoms with Crippen molar-refractivity contribution in [1.29, 1.82) is 5.26 Å². The number of nitrogens with zero attached hydrogens (tertiary/aromatic N) is 3. The predicted octanol–water partition coefficient (Wildman–Crippen LogP) is 1.49. The van der Waals surface area contributed by atoms with Crippen LogP contribution in [-0.2, 0) is 0 Å². The van der Waals surface area contributed by atoms with Crippen molar-refractivity contribution in [3.8, 4) is 17.6 Å². The molecule has 2 N–H and O–H groups in total. The first-order valence-corrected chi connectivity index (χ1v) is 7.67. The molecule has 0 atom stereocenters. The van der Waals surface area contributed by atoms with E-state index in [0.717, 1.165) is 6.07 Å². The second-order valence-electron chi connectivity index (χ2n) is 4.63. The lowest BCUT2D eigenvalue weighted by atomic mass is 10.0. The molecular formula is C15H13N4O5S+. The maximum absolute atomic E-state index is 12.4. The van der Waals surface area contributed by atoms with Gasteiger partial charge in [-0.1, -0.05) is 11.3 Å². The highest BCUT2D eigenvalue weighted by Crippen LogP contribution is 2.39. The van der Waals surface area contributed by atoms with Crippen LogP contribution in [0.4, 0.5) is 5.69 Å². The Bertz CT molecular complexity index is 899. The minimum absolute atomic E-state index is 0.0579. The Kier molecular flexibility index (Phi) is 5.31. The van der Waals surface area contributed by atoms with Gasteiger partial charge in [-0.25, -0.2) is 4.79 Å². The topological polar surface area (TPSA) is 132 Å². The molecule has 25 heavy (non-hydrogen) atoms. The second-order valence-corrected chi connectivity index (χ2v) is 5.38.